The smallest absolute Gasteiger partial charge is 0.0720 e. The van der Waals surface area contributed by atoms with Crippen LogP contribution in [0.4, 0.5) is 51.2 Å². The molecule has 0 fully saturated rings. The summed E-state index contributed by atoms with van der Waals surface area (Å²) in [7, 11) is 0. The van der Waals surface area contributed by atoms with E-state index < -0.39 is 21.7 Å². The molecule has 6 aliphatic rings. The molecule has 23 aromatic carbocycles. The molecular weight excluding hydrogens is 1720 g/mol. The number of fused-ring (bicyclic) bond motifs is 32. The first-order chi connectivity index (χ1) is 70.3. The molecule has 0 bridgehead atoms. The molecule has 0 heterocycles. The van der Waals surface area contributed by atoms with Crippen molar-refractivity contribution in [2.45, 2.75) is 73.5 Å². The largest absolute Gasteiger partial charge is 0.310 e. The Balaban J connectivity index is 0.527. The first kappa shape index (κ1) is 82.8. The summed E-state index contributed by atoms with van der Waals surface area (Å²) in [5, 5.41) is 11.9. The summed E-state index contributed by atoms with van der Waals surface area (Å²) in [4.78, 5) is 7.60. The topological polar surface area (TPSA) is 9.72 Å². The number of benzene rings is 23. The van der Waals surface area contributed by atoms with Gasteiger partial charge < -0.3 is 14.7 Å². The molecule has 0 unspecified atom stereocenters. The summed E-state index contributed by atoms with van der Waals surface area (Å²) >= 11 is 0. The molecule has 6 aliphatic carbocycles. The van der Waals surface area contributed by atoms with Gasteiger partial charge in [-0.3, -0.25) is 0 Å². The van der Waals surface area contributed by atoms with Crippen LogP contribution >= 0.6 is 0 Å². The monoisotopic (exact) mass is 1820 g/mol. The van der Waals surface area contributed by atoms with Gasteiger partial charge in [-0.2, -0.15) is 0 Å². The average Bonchev–Trinajstić information content (AvgIpc) is 1.53. The van der Waals surface area contributed by atoms with Crippen LogP contribution in [-0.2, 0) is 38.9 Å². The maximum absolute atomic E-state index is 2.56. The molecule has 3 spiro atoms. The van der Waals surface area contributed by atoms with Gasteiger partial charge in [-0.15, -0.1) is 0 Å². The molecule has 0 saturated heterocycles. The van der Waals surface area contributed by atoms with E-state index in [1.165, 1.54) is 188 Å². The third kappa shape index (κ3) is 11.6. The fraction of sp³-hybridized carbons (Fsp3) is 0.0857. The molecule has 29 rings (SSSR count). The zero-order valence-electron chi connectivity index (χ0n) is 80.4. The van der Waals surface area contributed by atoms with Crippen LogP contribution in [0.15, 0.2) is 497 Å². The number of hydrogen-bond acceptors (Lipinski definition) is 3. The Hall–Kier alpha value is -17.2. The minimum absolute atomic E-state index is 0.188. The summed E-state index contributed by atoms with van der Waals surface area (Å²) in [5.74, 6) is 0. The van der Waals surface area contributed by atoms with Crippen LogP contribution in [0, 0.1) is 0 Å². The van der Waals surface area contributed by atoms with Crippen molar-refractivity contribution in [3.63, 3.8) is 0 Å². The van der Waals surface area contributed by atoms with E-state index in [0.29, 0.717) is 0 Å². The van der Waals surface area contributed by atoms with Gasteiger partial charge in [0, 0.05) is 66.7 Å². The van der Waals surface area contributed by atoms with Crippen molar-refractivity contribution in [3.05, 3.63) is 603 Å². The van der Waals surface area contributed by atoms with Gasteiger partial charge in [0.1, 0.15) is 0 Å². The van der Waals surface area contributed by atoms with E-state index in [1.807, 2.05) is 0 Å². The van der Waals surface area contributed by atoms with Gasteiger partial charge in [0.05, 0.1) is 33.3 Å². The average molecular weight is 1820 g/mol. The van der Waals surface area contributed by atoms with Gasteiger partial charge in [0.15, 0.2) is 0 Å². The highest BCUT2D eigenvalue weighted by molar-refractivity contribution is 6.08. The van der Waals surface area contributed by atoms with E-state index in [0.717, 1.165) is 74.1 Å². The van der Waals surface area contributed by atoms with Crippen molar-refractivity contribution in [1.29, 1.82) is 0 Å². The summed E-state index contributed by atoms with van der Waals surface area (Å²) in [6.07, 6.45) is 0.772. The third-order valence-electron chi connectivity index (χ3n) is 34.0. The van der Waals surface area contributed by atoms with Crippen molar-refractivity contribution in [1.82, 2.24) is 0 Å². The zero-order valence-corrected chi connectivity index (χ0v) is 80.4. The number of anilines is 9. The van der Waals surface area contributed by atoms with Crippen molar-refractivity contribution in [2.75, 3.05) is 14.7 Å². The predicted molar refractivity (Wildman–Crippen MR) is 596 cm³/mol. The molecule has 0 radical (unpaired) electrons. The standard InChI is InChI=1S/C140H99N3/c1-135(2)118-49-20-25-54-124(118)138(125-55-26-21-50-119(125)135)115-47-18-14-43-110(115)112-86-104(76-79-117(112)138)141(101-73-67-90-33-6-8-36-93(90)83-101)100-71-63-89(64-72-100)88-137(5)122-52-23-28-57-127(122)140(128-58-29-24-53-123(128)137)116-48-19-15-44-111(116)134-129(140)59-32-62-133(134)142(102-74-68-91-34-7-9-37-94(91)84-102)103-75-69-96-81-95(65-66-98(96)85-103)97-70-78-107-99(82-97)39-31-61-132(107)143(131-60-30-38-92-35-10-11-40-106(92)131)105-77-80-121-130(87-105)139(126-56-27-22-51-120(126)136(121,3)4)113-45-16-12-41-108(113)109-42-13-17-46-114(109)139/h6-87H,88H2,1-5H3. The Morgan fingerprint density at radius 2 is 0.483 bits per heavy atom. The van der Waals surface area contributed by atoms with Crippen LogP contribution in [0.5, 0.6) is 0 Å². The second-order valence-electron chi connectivity index (χ2n) is 41.8. The Morgan fingerprint density at radius 3 is 1.03 bits per heavy atom. The summed E-state index contributed by atoms with van der Waals surface area (Å²) in [5.41, 5.74) is 42.6. The lowest BCUT2D eigenvalue weighted by molar-refractivity contribution is 0.514. The molecule has 0 aromatic heterocycles. The van der Waals surface area contributed by atoms with E-state index in [4.69, 9.17) is 0 Å². The lowest BCUT2D eigenvalue weighted by Crippen LogP contribution is -2.43. The normalized spacial score (nSPS) is 15.0. The predicted octanol–water partition coefficient (Wildman–Crippen LogP) is 35.8. The van der Waals surface area contributed by atoms with E-state index in [1.54, 1.807) is 0 Å². The summed E-state index contributed by atoms with van der Waals surface area (Å²) < 4.78 is 0. The van der Waals surface area contributed by atoms with E-state index in [-0.39, 0.29) is 10.8 Å². The number of rotatable bonds is 12. The van der Waals surface area contributed by atoms with Crippen LogP contribution in [0.25, 0.3) is 98.4 Å². The highest BCUT2D eigenvalue weighted by atomic mass is 15.2. The van der Waals surface area contributed by atoms with Gasteiger partial charge in [-0.1, -0.05) is 429 Å². The highest BCUT2D eigenvalue weighted by Crippen LogP contribution is 2.69. The molecule has 0 aliphatic heterocycles. The first-order valence-electron chi connectivity index (χ1n) is 50.6. The van der Waals surface area contributed by atoms with Crippen LogP contribution in [0.2, 0.25) is 0 Å². The number of hydrogen-bond donors (Lipinski definition) is 0. The van der Waals surface area contributed by atoms with Crippen molar-refractivity contribution >= 4 is 105 Å². The second kappa shape index (κ2) is 30.9. The second-order valence-corrected chi connectivity index (χ2v) is 41.8. The molecule has 143 heavy (non-hydrogen) atoms. The highest BCUT2D eigenvalue weighted by Gasteiger charge is 2.58. The van der Waals surface area contributed by atoms with Crippen LogP contribution in [0.1, 0.15) is 140 Å². The van der Waals surface area contributed by atoms with Crippen molar-refractivity contribution in [3.8, 4) is 44.5 Å². The Bertz CT molecular complexity index is 9200. The van der Waals surface area contributed by atoms with E-state index in [9.17, 15) is 0 Å². The van der Waals surface area contributed by atoms with E-state index in [2.05, 4.69) is 547 Å². The quantitative estimate of drug-likeness (QED) is 0.121. The maximum Gasteiger partial charge on any atom is 0.0720 e. The Kier molecular flexibility index (Phi) is 17.9. The molecule has 674 valence electrons. The van der Waals surface area contributed by atoms with Gasteiger partial charge >= 0.3 is 0 Å². The summed E-state index contributed by atoms with van der Waals surface area (Å²) in [6, 6.07) is 191. The fourth-order valence-corrected chi connectivity index (χ4v) is 27.8. The van der Waals surface area contributed by atoms with Gasteiger partial charge in [0.2, 0.25) is 0 Å². The molecule has 3 heteroatoms. The molecule has 0 N–H and O–H groups in total. The first-order valence-corrected chi connectivity index (χ1v) is 50.6. The summed E-state index contributed by atoms with van der Waals surface area (Å²) in [6.45, 7) is 12.2. The van der Waals surface area contributed by atoms with Crippen molar-refractivity contribution < 1.29 is 0 Å². The van der Waals surface area contributed by atoms with E-state index >= 15 is 0 Å². The molecule has 23 aromatic rings. The SMILES string of the molecule is CC1(C)c2ccccc2C2(c3ccccc3-c3cc(N(c4ccc(CC5(C)c6ccccc6C6(c7ccccc7-c7c(N(c8ccc9ccccc9c8)c8ccc9cc(-c%10ccc%11c(N(c%12ccc%13c(c%12)C%12(c%14ccccc%14-c%14ccccc%14%12)c%12ccccc%12C%13(C)C)c%12cccc%13ccccc%12%13)cccc%11c%10)ccc9c8)cccc76)c6ccccc65)cc4)c4ccc5ccccc5c4)ccc32)c2ccccc21. The Morgan fingerprint density at radius 1 is 0.168 bits per heavy atom. The van der Waals surface area contributed by atoms with Crippen LogP contribution < -0.4 is 14.7 Å². The molecule has 0 atom stereocenters. The minimum atomic E-state index is -0.682. The molecule has 0 amide bonds. The lowest BCUT2D eigenvalue weighted by atomic mass is 9.54. The lowest BCUT2D eigenvalue weighted by Gasteiger charge is -2.48. The molecule has 0 saturated carbocycles. The molecular formula is C140H99N3. The fourth-order valence-electron chi connectivity index (χ4n) is 27.8. The molecule has 3 nitrogen and oxygen atoms in total. The van der Waals surface area contributed by atoms with Crippen LogP contribution in [0.3, 0.4) is 0 Å². The third-order valence-corrected chi connectivity index (χ3v) is 34.0. The van der Waals surface area contributed by atoms with Crippen LogP contribution in [-0.4, -0.2) is 0 Å². The maximum atomic E-state index is 2.56. The number of nitrogens with zero attached hydrogens (tertiary/aromatic N) is 3. The van der Waals surface area contributed by atoms with Crippen molar-refractivity contribution in [2.24, 2.45) is 0 Å². The van der Waals surface area contributed by atoms with Gasteiger partial charge in [0.25, 0.3) is 0 Å². The zero-order chi connectivity index (χ0) is 95.0. The van der Waals surface area contributed by atoms with Gasteiger partial charge in [-0.05, 0) is 297 Å². The van der Waals surface area contributed by atoms with Gasteiger partial charge in [-0.25, -0.2) is 0 Å². The Labute approximate surface area is 834 Å². The minimum Gasteiger partial charge on any atom is -0.310 e.